The second-order valence-electron chi connectivity index (χ2n) is 5.66. The molecule has 0 saturated carbocycles. The summed E-state index contributed by atoms with van der Waals surface area (Å²) in [6.07, 6.45) is 1.28. The Kier molecular flexibility index (Phi) is 5.37. The van der Waals surface area contributed by atoms with Crippen molar-refractivity contribution in [2.24, 2.45) is 0 Å². The average molecular weight is 353 g/mol. The summed E-state index contributed by atoms with van der Waals surface area (Å²) in [4.78, 5) is 26.1. The predicted molar refractivity (Wildman–Crippen MR) is 98.7 cm³/mol. The molecule has 25 heavy (non-hydrogen) atoms. The second kappa shape index (κ2) is 7.87. The molecule has 1 aliphatic heterocycles. The Balaban J connectivity index is 1.72. The zero-order valence-electron chi connectivity index (χ0n) is 13.6. The van der Waals surface area contributed by atoms with Gasteiger partial charge in [-0.25, -0.2) is 0 Å². The summed E-state index contributed by atoms with van der Waals surface area (Å²) < 4.78 is 0. The lowest BCUT2D eigenvalue weighted by Crippen LogP contribution is -2.29. The van der Waals surface area contributed by atoms with Gasteiger partial charge in [-0.3, -0.25) is 9.59 Å². The van der Waals surface area contributed by atoms with Crippen molar-refractivity contribution in [1.29, 1.82) is 0 Å². The van der Waals surface area contributed by atoms with Gasteiger partial charge >= 0.3 is 0 Å². The molecule has 126 valence electrons. The number of carbonyl (C=O) groups excluding carboxylic acids is 2. The van der Waals surface area contributed by atoms with Crippen LogP contribution < -0.4 is 10.2 Å². The number of hydrogen-bond acceptors (Lipinski definition) is 2. The lowest BCUT2D eigenvalue weighted by atomic mass is 10.1. The summed E-state index contributed by atoms with van der Waals surface area (Å²) in [5.74, 6) is 5.65. The summed E-state index contributed by atoms with van der Waals surface area (Å²) in [6, 6.07) is 14.5. The molecule has 1 saturated heterocycles. The molecule has 5 heteroatoms. The van der Waals surface area contributed by atoms with Gasteiger partial charge in [0.25, 0.3) is 5.91 Å². The monoisotopic (exact) mass is 352 g/mol. The molecule has 1 N–H and O–H groups in total. The number of rotatable bonds is 3. The first-order valence-electron chi connectivity index (χ1n) is 8.07. The molecule has 1 aliphatic rings. The van der Waals surface area contributed by atoms with Crippen LogP contribution in [-0.4, -0.2) is 24.9 Å². The molecular weight excluding hydrogens is 336 g/mol. The zero-order valence-corrected chi connectivity index (χ0v) is 14.3. The molecule has 0 spiro atoms. The zero-order chi connectivity index (χ0) is 17.6. The van der Waals surface area contributed by atoms with Gasteiger partial charge in [-0.15, -0.1) is 0 Å². The minimum atomic E-state index is -0.270. The second-order valence-corrected chi connectivity index (χ2v) is 6.10. The van der Waals surface area contributed by atoms with Gasteiger partial charge in [-0.05, 0) is 36.8 Å². The standard InChI is InChI=1S/C20H17ClN2O2/c21-16-10-11-17(18(14-16)23-13-5-9-19(23)24)20(25)22-12-4-8-15-6-2-1-3-7-15/h1-3,6-7,10-11,14H,5,9,12-13H2,(H,22,25). The molecule has 0 aliphatic carbocycles. The van der Waals surface area contributed by atoms with Crippen molar-refractivity contribution in [3.63, 3.8) is 0 Å². The van der Waals surface area contributed by atoms with E-state index in [0.29, 0.717) is 29.2 Å². The van der Waals surface area contributed by atoms with Gasteiger partial charge in [0.15, 0.2) is 0 Å². The summed E-state index contributed by atoms with van der Waals surface area (Å²) >= 11 is 6.05. The third-order valence-electron chi connectivity index (χ3n) is 3.91. The highest BCUT2D eigenvalue weighted by molar-refractivity contribution is 6.31. The number of hydrogen-bond donors (Lipinski definition) is 1. The van der Waals surface area contributed by atoms with E-state index in [1.807, 2.05) is 30.3 Å². The van der Waals surface area contributed by atoms with Gasteiger partial charge in [-0.1, -0.05) is 41.6 Å². The molecule has 2 amide bonds. The van der Waals surface area contributed by atoms with Crippen LogP contribution in [0.15, 0.2) is 48.5 Å². The number of carbonyl (C=O) groups is 2. The van der Waals surface area contributed by atoms with Crippen molar-refractivity contribution in [3.8, 4) is 11.8 Å². The highest BCUT2D eigenvalue weighted by Gasteiger charge is 2.26. The summed E-state index contributed by atoms with van der Waals surface area (Å²) in [5.41, 5.74) is 1.89. The molecule has 1 fully saturated rings. The minimum Gasteiger partial charge on any atom is -0.341 e. The molecule has 0 radical (unpaired) electrons. The lowest BCUT2D eigenvalue weighted by Gasteiger charge is -2.19. The third kappa shape index (κ3) is 4.20. The number of benzene rings is 2. The fraction of sp³-hybridized carbons (Fsp3) is 0.200. The Morgan fingerprint density at radius 1 is 1.20 bits per heavy atom. The first-order valence-corrected chi connectivity index (χ1v) is 8.45. The van der Waals surface area contributed by atoms with Gasteiger partial charge in [0.2, 0.25) is 5.91 Å². The van der Waals surface area contributed by atoms with Gasteiger partial charge < -0.3 is 10.2 Å². The molecule has 0 aromatic heterocycles. The smallest absolute Gasteiger partial charge is 0.254 e. The quantitative estimate of drug-likeness (QED) is 0.862. The molecule has 0 unspecified atom stereocenters. The van der Waals surface area contributed by atoms with E-state index in [4.69, 9.17) is 11.6 Å². The Hall–Kier alpha value is -2.77. The van der Waals surface area contributed by atoms with Crippen LogP contribution in [0.1, 0.15) is 28.8 Å². The van der Waals surface area contributed by atoms with Gasteiger partial charge in [0.1, 0.15) is 0 Å². The van der Waals surface area contributed by atoms with Crippen LogP contribution in [0.25, 0.3) is 0 Å². The maximum atomic E-state index is 12.5. The molecule has 3 rings (SSSR count). The van der Waals surface area contributed by atoms with E-state index in [1.165, 1.54) is 0 Å². The molecule has 1 heterocycles. The van der Waals surface area contributed by atoms with Gasteiger partial charge in [0.05, 0.1) is 17.8 Å². The molecule has 0 bridgehead atoms. The van der Waals surface area contributed by atoms with Crippen molar-refractivity contribution >= 4 is 29.1 Å². The first-order chi connectivity index (χ1) is 12.1. The normalized spacial score (nSPS) is 13.3. The summed E-state index contributed by atoms with van der Waals surface area (Å²) in [5, 5.41) is 3.27. The van der Waals surface area contributed by atoms with Crippen LogP contribution in [0, 0.1) is 11.8 Å². The van der Waals surface area contributed by atoms with E-state index in [-0.39, 0.29) is 18.4 Å². The van der Waals surface area contributed by atoms with E-state index in [0.717, 1.165) is 12.0 Å². The van der Waals surface area contributed by atoms with Crippen LogP contribution in [0.3, 0.4) is 0 Å². The van der Waals surface area contributed by atoms with Gasteiger partial charge in [0, 0.05) is 23.6 Å². The van der Waals surface area contributed by atoms with Crippen LogP contribution >= 0.6 is 11.6 Å². The number of nitrogens with zero attached hydrogens (tertiary/aromatic N) is 1. The largest absolute Gasteiger partial charge is 0.341 e. The highest BCUT2D eigenvalue weighted by Crippen LogP contribution is 2.28. The Morgan fingerprint density at radius 2 is 2.00 bits per heavy atom. The molecular formula is C20H17ClN2O2. The lowest BCUT2D eigenvalue weighted by molar-refractivity contribution is -0.117. The van der Waals surface area contributed by atoms with E-state index in [2.05, 4.69) is 17.2 Å². The van der Waals surface area contributed by atoms with Crippen molar-refractivity contribution in [1.82, 2.24) is 5.32 Å². The average Bonchev–Trinajstić information content (AvgIpc) is 3.05. The van der Waals surface area contributed by atoms with E-state index in [1.54, 1.807) is 23.1 Å². The number of halogens is 1. The summed E-state index contributed by atoms with van der Waals surface area (Å²) in [7, 11) is 0. The third-order valence-corrected chi connectivity index (χ3v) is 4.15. The highest BCUT2D eigenvalue weighted by atomic mass is 35.5. The van der Waals surface area contributed by atoms with Crippen molar-refractivity contribution < 1.29 is 9.59 Å². The molecule has 2 aromatic carbocycles. The van der Waals surface area contributed by atoms with Crippen LogP contribution in [-0.2, 0) is 4.79 Å². The Labute approximate surface area is 151 Å². The minimum absolute atomic E-state index is 0.0141. The van der Waals surface area contributed by atoms with Crippen LogP contribution in [0.2, 0.25) is 5.02 Å². The summed E-state index contributed by atoms with van der Waals surface area (Å²) in [6.45, 7) is 0.830. The van der Waals surface area contributed by atoms with Crippen LogP contribution in [0.5, 0.6) is 0 Å². The first kappa shape index (κ1) is 17.1. The number of nitrogens with one attached hydrogen (secondary N) is 1. The Morgan fingerprint density at radius 3 is 2.72 bits per heavy atom. The SMILES string of the molecule is O=C(NCC#Cc1ccccc1)c1ccc(Cl)cc1N1CCCC1=O. The van der Waals surface area contributed by atoms with Gasteiger partial charge in [-0.2, -0.15) is 0 Å². The van der Waals surface area contributed by atoms with Crippen LogP contribution in [0.4, 0.5) is 5.69 Å². The van der Waals surface area contributed by atoms with Crippen molar-refractivity contribution in [2.75, 3.05) is 18.0 Å². The fourth-order valence-electron chi connectivity index (χ4n) is 2.71. The van der Waals surface area contributed by atoms with Crippen molar-refractivity contribution in [3.05, 3.63) is 64.7 Å². The number of anilines is 1. The maximum Gasteiger partial charge on any atom is 0.254 e. The predicted octanol–water partition coefficient (Wildman–Crippen LogP) is 3.25. The fourth-order valence-corrected chi connectivity index (χ4v) is 2.88. The topological polar surface area (TPSA) is 49.4 Å². The number of amides is 2. The van der Waals surface area contributed by atoms with E-state index in [9.17, 15) is 9.59 Å². The molecule has 0 atom stereocenters. The molecule has 4 nitrogen and oxygen atoms in total. The Bertz CT molecular complexity index is 853. The van der Waals surface area contributed by atoms with Crippen molar-refractivity contribution in [2.45, 2.75) is 12.8 Å². The van der Waals surface area contributed by atoms with E-state index < -0.39 is 0 Å². The maximum absolute atomic E-state index is 12.5. The van der Waals surface area contributed by atoms with E-state index >= 15 is 0 Å². The molecule has 2 aromatic rings.